The highest BCUT2D eigenvalue weighted by Crippen LogP contribution is 2.47. The first-order chi connectivity index (χ1) is 26.5. The summed E-state index contributed by atoms with van der Waals surface area (Å²) < 4.78 is 91.5. The fourth-order valence-electron chi connectivity index (χ4n) is 6.56. The lowest BCUT2D eigenvalue weighted by Crippen LogP contribution is -1.92. The third-order valence-electron chi connectivity index (χ3n) is 8.41. The molecule has 0 atom stereocenters. The SMILES string of the molecule is [2H]c1c([2H])c([2H])c(-c2cccc(-c3c4ccccc4c(-c4cc(-c5c([2H])c([2H])c([2H])c([2H])c5[2H])c5c(c4)oc4ccccc45)c4ccccc34)c2)c([2H])c1[2H]. The molecule has 0 aliphatic heterocycles. The standard InChI is InChI=1S/C44H28O/c1-3-14-29(15-4-1)31-18-13-19-32(26-31)42-34-20-7-9-22-36(34)43(37-23-10-8-21-35(37)42)33-27-39(30-16-5-2-6-17-30)44-38-24-11-12-25-40(38)45-41(44)28-33/h1-28H/i1D,2D,3D,4D,5D,6D,14D,15D,16D,17D. The maximum absolute atomic E-state index is 8.95. The van der Waals surface area contributed by atoms with Crippen LogP contribution in [0.25, 0.3) is 88.0 Å². The van der Waals surface area contributed by atoms with Crippen molar-refractivity contribution in [2.75, 3.05) is 0 Å². The molecule has 0 fully saturated rings. The van der Waals surface area contributed by atoms with Gasteiger partial charge in [-0.2, -0.15) is 0 Å². The highest BCUT2D eigenvalue weighted by atomic mass is 16.3. The third kappa shape index (κ3) is 4.17. The van der Waals surface area contributed by atoms with Crippen molar-refractivity contribution in [3.05, 3.63) is 170 Å². The van der Waals surface area contributed by atoms with Gasteiger partial charge in [0, 0.05) is 10.8 Å². The largest absolute Gasteiger partial charge is 0.456 e. The van der Waals surface area contributed by atoms with Crippen LogP contribution >= 0.6 is 0 Å². The van der Waals surface area contributed by atoms with E-state index in [0.717, 1.165) is 49.2 Å². The fourth-order valence-corrected chi connectivity index (χ4v) is 6.56. The number of benzene rings is 8. The lowest BCUT2D eigenvalue weighted by molar-refractivity contribution is 0.669. The van der Waals surface area contributed by atoms with Gasteiger partial charge in [-0.25, -0.2) is 0 Å². The summed E-state index contributed by atoms with van der Waals surface area (Å²) in [5, 5.41) is 4.95. The molecule has 1 heteroatoms. The number of para-hydroxylation sites is 1. The number of hydrogen-bond acceptors (Lipinski definition) is 1. The fraction of sp³-hybridized carbons (Fsp3) is 0. The van der Waals surface area contributed by atoms with Crippen LogP contribution in [-0.2, 0) is 0 Å². The van der Waals surface area contributed by atoms with Gasteiger partial charge in [0.2, 0.25) is 0 Å². The molecule has 0 radical (unpaired) electrons. The number of fused-ring (bicyclic) bond motifs is 5. The molecule has 0 amide bonds. The van der Waals surface area contributed by atoms with Gasteiger partial charge in [-0.1, -0.05) is 145 Å². The van der Waals surface area contributed by atoms with E-state index in [4.69, 9.17) is 18.1 Å². The Morgan fingerprint density at radius 3 is 1.56 bits per heavy atom. The quantitative estimate of drug-likeness (QED) is 0.188. The molecule has 0 bridgehead atoms. The second kappa shape index (κ2) is 10.4. The smallest absolute Gasteiger partial charge is 0.136 e. The van der Waals surface area contributed by atoms with Crippen LogP contribution in [-0.4, -0.2) is 0 Å². The van der Waals surface area contributed by atoms with Crippen LogP contribution < -0.4 is 0 Å². The van der Waals surface area contributed by atoms with Gasteiger partial charge in [0.1, 0.15) is 11.2 Å². The van der Waals surface area contributed by atoms with Crippen LogP contribution in [0, 0.1) is 0 Å². The van der Waals surface area contributed by atoms with E-state index in [1.54, 1.807) is 6.07 Å². The van der Waals surface area contributed by atoms with Crippen molar-refractivity contribution in [2.24, 2.45) is 0 Å². The van der Waals surface area contributed by atoms with E-state index in [0.29, 0.717) is 27.7 Å². The predicted octanol–water partition coefficient (Wildman–Crippen LogP) is 12.6. The lowest BCUT2D eigenvalue weighted by atomic mass is 9.84. The van der Waals surface area contributed by atoms with Gasteiger partial charge < -0.3 is 4.42 Å². The first kappa shape index (κ1) is 17.4. The Kier molecular flexibility index (Phi) is 4.01. The molecule has 0 saturated heterocycles. The maximum Gasteiger partial charge on any atom is 0.136 e. The molecule has 1 aromatic heterocycles. The number of rotatable bonds is 4. The highest BCUT2D eigenvalue weighted by Gasteiger charge is 2.20. The summed E-state index contributed by atoms with van der Waals surface area (Å²) in [6, 6.07) is 30.9. The second-order valence-electron chi connectivity index (χ2n) is 10.9. The first-order valence-corrected chi connectivity index (χ1v) is 14.6. The Morgan fingerprint density at radius 2 is 0.911 bits per heavy atom. The van der Waals surface area contributed by atoms with E-state index >= 15 is 0 Å². The summed E-state index contributed by atoms with van der Waals surface area (Å²) in [7, 11) is 0. The molecule has 0 aliphatic carbocycles. The molecular weight excluding hydrogens is 544 g/mol. The van der Waals surface area contributed by atoms with Crippen LogP contribution in [0.3, 0.4) is 0 Å². The van der Waals surface area contributed by atoms with Crippen molar-refractivity contribution in [3.8, 4) is 44.5 Å². The van der Waals surface area contributed by atoms with Crippen molar-refractivity contribution >= 4 is 43.5 Å². The Morgan fingerprint density at radius 1 is 0.378 bits per heavy atom. The number of hydrogen-bond donors (Lipinski definition) is 0. The zero-order valence-corrected chi connectivity index (χ0v) is 23.8. The lowest BCUT2D eigenvalue weighted by Gasteiger charge is -2.19. The molecule has 0 N–H and O–H groups in total. The monoisotopic (exact) mass is 582 g/mol. The zero-order valence-electron chi connectivity index (χ0n) is 33.8. The van der Waals surface area contributed by atoms with Crippen LogP contribution in [0.1, 0.15) is 13.7 Å². The minimum Gasteiger partial charge on any atom is -0.456 e. The van der Waals surface area contributed by atoms with Gasteiger partial charge in [-0.15, -0.1) is 0 Å². The molecule has 0 spiro atoms. The number of furan rings is 1. The Balaban J connectivity index is 1.37. The van der Waals surface area contributed by atoms with Crippen molar-refractivity contribution < 1.29 is 18.1 Å². The van der Waals surface area contributed by atoms with E-state index in [2.05, 4.69) is 0 Å². The molecule has 1 heterocycles. The molecule has 9 rings (SSSR count). The molecule has 210 valence electrons. The Hall–Kier alpha value is -5.92. The first-order valence-electron chi connectivity index (χ1n) is 19.6. The van der Waals surface area contributed by atoms with Crippen molar-refractivity contribution in [2.45, 2.75) is 0 Å². The molecule has 0 saturated carbocycles. The minimum atomic E-state index is -0.466. The highest BCUT2D eigenvalue weighted by molar-refractivity contribution is 6.23. The van der Waals surface area contributed by atoms with Crippen LogP contribution in [0.15, 0.2) is 174 Å². The van der Waals surface area contributed by atoms with E-state index in [1.807, 2.05) is 103 Å². The van der Waals surface area contributed by atoms with Gasteiger partial charge in [0.15, 0.2) is 0 Å². The molecular formula is C44H28O. The summed E-state index contributed by atoms with van der Waals surface area (Å²) >= 11 is 0. The molecule has 8 aromatic carbocycles. The summed E-state index contributed by atoms with van der Waals surface area (Å²) in [6.07, 6.45) is 0. The van der Waals surface area contributed by atoms with E-state index in [9.17, 15) is 0 Å². The van der Waals surface area contributed by atoms with Gasteiger partial charge >= 0.3 is 0 Å². The summed E-state index contributed by atoms with van der Waals surface area (Å²) in [5.41, 5.74) is 5.51. The second-order valence-corrected chi connectivity index (χ2v) is 10.9. The van der Waals surface area contributed by atoms with Crippen molar-refractivity contribution in [1.82, 2.24) is 0 Å². The van der Waals surface area contributed by atoms with E-state index in [-0.39, 0.29) is 35.3 Å². The Bertz CT molecular complexity index is 3000. The van der Waals surface area contributed by atoms with Gasteiger partial charge in [0.05, 0.1) is 13.7 Å². The summed E-state index contributed by atoms with van der Waals surface area (Å²) in [4.78, 5) is 0. The summed E-state index contributed by atoms with van der Waals surface area (Å²) in [5.74, 6) is 0. The van der Waals surface area contributed by atoms with Crippen LogP contribution in [0.5, 0.6) is 0 Å². The molecule has 9 aromatic rings. The van der Waals surface area contributed by atoms with Gasteiger partial charge in [-0.05, 0) is 90.3 Å². The van der Waals surface area contributed by atoms with E-state index in [1.165, 1.54) is 0 Å². The normalized spacial score (nSPS) is 14.7. The topological polar surface area (TPSA) is 13.1 Å². The third-order valence-corrected chi connectivity index (χ3v) is 8.41. The average molecular weight is 583 g/mol. The molecule has 1 nitrogen and oxygen atoms in total. The average Bonchev–Trinajstić information content (AvgIpc) is 3.58. The Labute approximate surface area is 275 Å². The van der Waals surface area contributed by atoms with Crippen LogP contribution in [0.4, 0.5) is 0 Å². The molecule has 45 heavy (non-hydrogen) atoms. The van der Waals surface area contributed by atoms with E-state index < -0.39 is 36.3 Å². The van der Waals surface area contributed by atoms with Crippen molar-refractivity contribution in [1.29, 1.82) is 0 Å². The predicted molar refractivity (Wildman–Crippen MR) is 190 cm³/mol. The zero-order chi connectivity index (χ0) is 38.4. The van der Waals surface area contributed by atoms with Crippen molar-refractivity contribution in [3.63, 3.8) is 0 Å². The molecule has 0 unspecified atom stereocenters. The van der Waals surface area contributed by atoms with Gasteiger partial charge in [0.25, 0.3) is 0 Å². The van der Waals surface area contributed by atoms with Gasteiger partial charge in [-0.3, -0.25) is 0 Å². The summed E-state index contributed by atoms with van der Waals surface area (Å²) in [6.45, 7) is 0. The van der Waals surface area contributed by atoms with Crippen LogP contribution in [0.2, 0.25) is 0 Å². The maximum atomic E-state index is 8.95. The molecule has 0 aliphatic rings. The minimum absolute atomic E-state index is 0.0825.